The molecule has 3 aromatic rings. The smallest absolute Gasteiger partial charge is 0.342 e. The number of amides is 1. The molecule has 1 amide bonds. The fourth-order valence-corrected chi connectivity index (χ4v) is 3.38. The average molecular weight is 460 g/mol. The normalized spacial score (nSPS) is 13.1. The van der Waals surface area contributed by atoms with Crippen LogP contribution in [0.5, 0.6) is 0 Å². The second-order valence-corrected chi connectivity index (χ2v) is 7.47. The molecule has 1 atom stereocenters. The highest BCUT2D eigenvalue weighted by atomic mass is 32.2. The van der Waals surface area contributed by atoms with E-state index in [2.05, 4.69) is 25.4 Å². The van der Waals surface area contributed by atoms with Gasteiger partial charge in [0.05, 0.1) is 6.04 Å². The van der Waals surface area contributed by atoms with Crippen LogP contribution in [0, 0.1) is 5.82 Å². The number of hydrogen-bond donors (Lipinski definition) is 2. The number of aromatic nitrogens is 5. The molecule has 2 aromatic heterocycles. The Balaban J connectivity index is 1.95. The van der Waals surface area contributed by atoms with E-state index < -0.39 is 50.1 Å². The van der Waals surface area contributed by atoms with Crippen LogP contribution in [0.3, 0.4) is 0 Å². The van der Waals surface area contributed by atoms with E-state index >= 15 is 0 Å². The van der Waals surface area contributed by atoms with E-state index in [-0.39, 0.29) is 23.9 Å². The Morgan fingerprint density at radius 3 is 2.42 bits per heavy atom. The summed E-state index contributed by atoms with van der Waals surface area (Å²) in [5, 5.41) is 6.25. The minimum Gasteiger partial charge on any atom is -0.342 e. The Kier molecular flexibility index (Phi) is 5.73. The molecule has 0 aliphatic rings. The van der Waals surface area contributed by atoms with Gasteiger partial charge >= 0.3 is 6.18 Å². The summed E-state index contributed by atoms with van der Waals surface area (Å²) in [6.45, 7) is 1.44. The van der Waals surface area contributed by atoms with Crippen LogP contribution < -0.4 is 5.32 Å². The molecule has 0 aliphatic heterocycles. The molecule has 0 saturated carbocycles. The molecule has 15 heteroatoms. The lowest BCUT2D eigenvalue weighted by Crippen LogP contribution is -2.29. The molecular formula is C16H12F4N6O4S. The lowest BCUT2D eigenvalue weighted by atomic mass is 10.1. The molecule has 31 heavy (non-hydrogen) atoms. The first-order valence-electron chi connectivity index (χ1n) is 8.26. The summed E-state index contributed by atoms with van der Waals surface area (Å²) in [5.41, 5.74) is -2.98. The van der Waals surface area contributed by atoms with Crippen LogP contribution in [0.4, 0.5) is 17.6 Å². The van der Waals surface area contributed by atoms with Gasteiger partial charge in [-0.25, -0.2) is 19.3 Å². The summed E-state index contributed by atoms with van der Waals surface area (Å²) < 4.78 is 86.2. The molecular weight excluding hydrogens is 448 g/mol. The summed E-state index contributed by atoms with van der Waals surface area (Å²) in [4.78, 5) is 22.6. The van der Waals surface area contributed by atoms with E-state index in [9.17, 15) is 30.8 Å². The van der Waals surface area contributed by atoms with Crippen molar-refractivity contribution in [3.8, 4) is 5.95 Å². The van der Waals surface area contributed by atoms with E-state index in [1.165, 1.54) is 24.0 Å². The number of halogens is 4. The van der Waals surface area contributed by atoms with E-state index in [0.717, 1.165) is 6.33 Å². The minimum atomic E-state index is -5.49. The van der Waals surface area contributed by atoms with Crippen molar-refractivity contribution in [1.82, 2.24) is 30.0 Å². The maximum atomic E-state index is 14.1. The average Bonchev–Trinajstić information content (AvgIpc) is 3.16. The van der Waals surface area contributed by atoms with E-state index in [1.807, 2.05) is 0 Å². The molecule has 1 aromatic carbocycles. The third-order valence-electron chi connectivity index (χ3n) is 3.93. The SMILES string of the molecule is CC(NC(=O)c1cc(F)c(C(F)(F)F)c(S(=O)(=O)O)c1)c1ncnn1-c1ncccn1. The number of nitrogens with zero attached hydrogens (tertiary/aromatic N) is 5. The number of benzene rings is 1. The zero-order chi connectivity index (χ0) is 23.0. The van der Waals surface area contributed by atoms with Crippen molar-refractivity contribution in [3.63, 3.8) is 0 Å². The Morgan fingerprint density at radius 1 is 1.19 bits per heavy atom. The lowest BCUT2D eigenvalue weighted by molar-refractivity contribution is -0.142. The first-order valence-corrected chi connectivity index (χ1v) is 9.70. The van der Waals surface area contributed by atoms with Crippen molar-refractivity contribution in [2.75, 3.05) is 0 Å². The Morgan fingerprint density at radius 2 is 1.84 bits per heavy atom. The van der Waals surface area contributed by atoms with Gasteiger partial charge in [-0.1, -0.05) is 0 Å². The van der Waals surface area contributed by atoms with Crippen LogP contribution in [-0.2, 0) is 16.3 Å². The zero-order valence-electron chi connectivity index (χ0n) is 15.4. The van der Waals surface area contributed by atoms with Crippen molar-refractivity contribution in [1.29, 1.82) is 0 Å². The highest BCUT2D eigenvalue weighted by Crippen LogP contribution is 2.37. The van der Waals surface area contributed by atoms with E-state index in [1.54, 1.807) is 6.07 Å². The summed E-state index contributed by atoms with van der Waals surface area (Å²) in [6.07, 6.45) is -1.43. The van der Waals surface area contributed by atoms with Gasteiger partial charge in [0.2, 0.25) is 0 Å². The van der Waals surface area contributed by atoms with Gasteiger partial charge in [-0.3, -0.25) is 9.35 Å². The number of rotatable bonds is 5. The molecule has 0 saturated heterocycles. The predicted molar refractivity (Wildman–Crippen MR) is 94.0 cm³/mol. The maximum Gasteiger partial charge on any atom is 0.420 e. The third-order valence-corrected chi connectivity index (χ3v) is 4.81. The van der Waals surface area contributed by atoms with Crippen molar-refractivity contribution in [2.24, 2.45) is 0 Å². The topological polar surface area (TPSA) is 140 Å². The van der Waals surface area contributed by atoms with Crippen LogP contribution in [-0.4, -0.2) is 43.6 Å². The van der Waals surface area contributed by atoms with Gasteiger partial charge < -0.3 is 5.32 Å². The summed E-state index contributed by atoms with van der Waals surface area (Å²) in [6, 6.07) is 1.06. The van der Waals surface area contributed by atoms with Crippen LogP contribution in [0.1, 0.15) is 34.7 Å². The number of carbonyl (C=O) groups is 1. The van der Waals surface area contributed by atoms with Gasteiger partial charge in [0.25, 0.3) is 22.0 Å². The standard InChI is InChI=1S/C16H12F4N6O4S/c1-8(13-23-7-24-26(13)15-21-3-2-4-22-15)25-14(27)9-5-10(17)12(16(18,19)20)11(6-9)31(28,29)30/h2-8H,1H3,(H,25,27)(H,28,29,30). The molecule has 3 rings (SSSR count). The highest BCUT2D eigenvalue weighted by Gasteiger charge is 2.41. The summed E-state index contributed by atoms with van der Waals surface area (Å²) in [7, 11) is -5.49. The van der Waals surface area contributed by atoms with E-state index in [4.69, 9.17) is 4.55 Å². The fraction of sp³-hybridized carbons (Fsp3) is 0.188. The molecule has 2 N–H and O–H groups in total. The van der Waals surface area contributed by atoms with Crippen LogP contribution in [0.15, 0.2) is 41.8 Å². The lowest BCUT2D eigenvalue weighted by Gasteiger charge is -2.16. The molecule has 0 bridgehead atoms. The van der Waals surface area contributed by atoms with Crippen molar-refractivity contribution in [2.45, 2.75) is 24.0 Å². The predicted octanol–water partition coefficient (Wildman–Crippen LogP) is 1.95. The molecule has 2 heterocycles. The number of alkyl halides is 3. The molecule has 0 radical (unpaired) electrons. The number of carbonyl (C=O) groups excluding carboxylic acids is 1. The second-order valence-electron chi connectivity index (χ2n) is 6.08. The second kappa shape index (κ2) is 7.99. The first-order chi connectivity index (χ1) is 14.4. The minimum absolute atomic E-state index is 0.116. The van der Waals surface area contributed by atoms with Gasteiger partial charge in [-0.2, -0.15) is 31.4 Å². The van der Waals surface area contributed by atoms with Gasteiger partial charge in [0.15, 0.2) is 5.82 Å². The summed E-state index contributed by atoms with van der Waals surface area (Å²) >= 11 is 0. The monoisotopic (exact) mass is 460 g/mol. The largest absolute Gasteiger partial charge is 0.420 e. The fourth-order valence-electron chi connectivity index (χ4n) is 2.64. The molecule has 10 nitrogen and oxygen atoms in total. The zero-order valence-corrected chi connectivity index (χ0v) is 16.2. The quantitative estimate of drug-likeness (QED) is 0.435. The van der Waals surface area contributed by atoms with Gasteiger partial charge in [0, 0.05) is 18.0 Å². The van der Waals surface area contributed by atoms with Gasteiger partial charge in [0.1, 0.15) is 22.6 Å². The third kappa shape index (κ3) is 4.66. The molecule has 164 valence electrons. The van der Waals surface area contributed by atoms with Crippen LogP contribution >= 0.6 is 0 Å². The first kappa shape index (κ1) is 22.2. The summed E-state index contributed by atoms with van der Waals surface area (Å²) in [5.74, 6) is -2.93. The van der Waals surface area contributed by atoms with E-state index in [0.29, 0.717) is 0 Å². The van der Waals surface area contributed by atoms with Gasteiger partial charge in [-0.05, 0) is 25.1 Å². The van der Waals surface area contributed by atoms with Gasteiger partial charge in [-0.15, -0.1) is 0 Å². The molecule has 1 unspecified atom stereocenters. The molecule has 0 aliphatic carbocycles. The van der Waals surface area contributed by atoms with Crippen molar-refractivity contribution < 1.29 is 35.3 Å². The Hall–Kier alpha value is -3.46. The molecule has 0 fully saturated rings. The van der Waals surface area contributed by atoms with Crippen molar-refractivity contribution >= 4 is 16.0 Å². The Bertz CT molecular complexity index is 1230. The van der Waals surface area contributed by atoms with Crippen LogP contribution in [0.25, 0.3) is 5.95 Å². The number of nitrogens with one attached hydrogen (secondary N) is 1. The van der Waals surface area contributed by atoms with Crippen LogP contribution in [0.2, 0.25) is 0 Å². The number of hydrogen-bond acceptors (Lipinski definition) is 7. The molecule has 0 spiro atoms. The highest BCUT2D eigenvalue weighted by molar-refractivity contribution is 7.85. The van der Waals surface area contributed by atoms with Crippen molar-refractivity contribution in [3.05, 3.63) is 59.7 Å². The maximum absolute atomic E-state index is 14.1. The Labute approximate surface area is 171 Å².